The first kappa shape index (κ1) is 21.7. The Balaban J connectivity index is 0.000000142. The maximum absolute atomic E-state index is 4.61. The molecule has 0 amide bonds. The summed E-state index contributed by atoms with van der Waals surface area (Å²) in [6, 6.07) is 33.3. The van der Waals surface area contributed by atoms with Gasteiger partial charge in [-0.1, -0.05) is 54.6 Å². The lowest BCUT2D eigenvalue weighted by molar-refractivity contribution is 0.998. The second-order valence-corrected chi connectivity index (χ2v) is 8.59. The zero-order valence-electron chi connectivity index (χ0n) is 20.0. The Bertz CT molecular complexity index is 1570. The van der Waals surface area contributed by atoms with Gasteiger partial charge in [-0.25, -0.2) is 9.97 Å². The number of para-hydroxylation sites is 3. The summed E-state index contributed by atoms with van der Waals surface area (Å²) >= 11 is 0. The van der Waals surface area contributed by atoms with Crippen LogP contribution in [0.5, 0.6) is 0 Å². The molecule has 4 heteroatoms. The van der Waals surface area contributed by atoms with Crippen molar-refractivity contribution in [3.05, 3.63) is 120 Å². The third-order valence-electron chi connectivity index (χ3n) is 6.05. The third kappa shape index (κ3) is 3.99. The van der Waals surface area contributed by atoms with Crippen molar-refractivity contribution in [1.82, 2.24) is 19.1 Å². The summed E-state index contributed by atoms with van der Waals surface area (Å²) in [5, 5.41) is 0. The molecule has 168 valence electrons. The lowest BCUT2D eigenvalue weighted by Crippen LogP contribution is -1.97. The highest BCUT2D eigenvalue weighted by atomic mass is 15.1. The van der Waals surface area contributed by atoms with E-state index in [2.05, 4.69) is 118 Å². The Morgan fingerprint density at radius 1 is 0.529 bits per heavy atom. The number of nitrogens with zero attached hydrogens (tertiary/aromatic N) is 4. The molecule has 0 spiro atoms. The summed E-state index contributed by atoms with van der Waals surface area (Å²) in [4.78, 5) is 9.21. The van der Waals surface area contributed by atoms with E-state index in [9.17, 15) is 0 Å². The lowest BCUT2D eigenvalue weighted by atomic mass is 10.2. The average Bonchev–Trinajstić information content (AvgIpc) is 3.36. The van der Waals surface area contributed by atoms with Crippen molar-refractivity contribution >= 4 is 22.1 Å². The minimum Gasteiger partial charge on any atom is -0.297 e. The van der Waals surface area contributed by atoms with Crippen molar-refractivity contribution in [1.29, 1.82) is 0 Å². The summed E-state index contributed by atoms with van der Waals surface area (Å²) in [5.74, 6) is 2.05. The minimum absolute atomic E-state index is 1.02. The molecule has 0 saturated heterocycles. The highest BCUT2D eigenvalue weighted by molar-refractivity contribution is 5.81. The number of rotatable bonds is 2. The first-order valence-electron chi connectivity index (χ1n) is 11.5. The van der Waals surface area contributed by atoms with Crippen LogP contribution in [0.3, 0.4) is 0 Å². The van der Waals surface area contributed by atoms with Gasteiger partial charge in [0.15, 0.2) is 0 Å². The summed E-state index contributed by atoms with van der Waals surface area (Å²) in [5.41, 5.74) is 9.34. The first-order valence-corrected chi connectivity index (χ1v) is 11.5. The van der Waals surface area contributed by atoms with Gasteiger partial charge in [-0.2, -0.15) is 0 Å². The van der Waals surface area contributed by atoms with Gasteiger partial charge in [0.05, 0.1) is 22.1 Å². The molecule has 0 atom stereocenters. The van der Waals surface area contributed by atoms with Gasteiger partial charge in [0.25, 0.3) is 0 Å². The van der Waals surface area contributed by atoms with Gasteiger partial charge in [0, 0.05) is 11.4 Å². The molecule has 4 nitrogen and oxygen atoms in total. The van der Waals surface area contributed by atoms with Crippen molar-refractivity contribution in [2.75, 3.05) is 0 Å². The second kappa shape index (κ2) is 8.99. The predicted octanol–water partition coefficient (Wildman–Crippen LogP) is 7.28. The van der Waals surface area contributed by atoms with E-state index in [0.29, 0.717) is 0 Å². The summed E-state index contributed by atoms with van der Waals surface area (Å²) in [6.45, 7) is 8.33. The molecule has 2 heterocycles. The number of fused-ring (bicyclic) bond motifs is 2. The van der Waals surface area contributed by atoms with E-state index >= 15 is 0 Å². The van der Waals surface area contributed by atoms with Gasteiger partial charge in [0.2, 0.25) is 0 Å². The maximum atomic E-state index is 4.61. The zero-order chi connectivity index (χ0) is 23.7. The second-order valence-electron chi connectivity index (χ2n) is 8.59. The fourth-order valence-electron chi connectivity index (χ4n) is 4.51. The molecule has 0 aliphatic carbocycles. The van der Waals surface area contributed by atoms with Gasteiger partial charge in [0.1, 0.15) is 11.6 Å². The summed E-state index contributed by atoms with van der Waals surface area (Å²) in [6.07, 6.45) is 0. The van der Waals surface area contributed by atoms with E-state index in [4.69, 9.17) is 0 Å². The van der Waals surface area contributed by atoms with Gasteiger partial charge in [-0.05, 0) is 81.3 Å². The number of imidazole rings is 2. The van der Waals surface area contributed by atoms with Crippen molar-refractivity contribution in [3.63, 3.8) is 0 Å². The Hall–Kier alpha value is -4.18. The molecule has 0 saturated carbocycles. The van der Waals surface area contributed by atoms with Gasteiger partial charge in [-0.15, -0.1) is 0 Å². The van der Waals surface area contributed by atoms with Crippen LogP contribution >= 0.6 is 0 Å². The quantitative estimate of drug-likeness (QED) is 0.281. The fourth-order valence-corrected chi connectivity index (χ4v) is 4.51. The largest absolute Gasteiger partial charge is 0.297 e. The molecule has 0 aliphatic heterocycles. The minimum atomic E-state index is 1.02. The SMILES string of the molecule is Cc1ccc2nc(C)n(-c3ccccc3)c2c1.Cc1cccc2nc(C)n(-c3ccccc3)c12. The molecule has 0 radical (unpaired) electrons. The summed E-state index contributed by atoms with van der Waals surface area (Å²) < 4.78 is 4.41. The van der Waals surface area contributed by atoms with Crippen molar-refractivity contribution in [2.24, 2.45) is 0 Å². The Morgan fingerprint density at radius 3 is 1.79 bits per heavy atom. The highest BCUT2D eigenvalue weighted by Gasteiger charge is 2.10. The van der Waals surface area contributed by atoms with Crippen LogP contribution < -0.4 is 0 Å². The van der Waals surface area contributed by atoms with Crippen LogP contribution in [0.4, 0.5) is 0 Å². The molecule has 6 aromatic rings. The van der Waals surface area contributed by atoms with Gasteiger partial charge < -0.3 is 0 Å². The van der Waals surface area contributed by atoms with Crippen molar-refractivity contribution < 1.29 is 0 Å². The number of aromatic nitrogens is 4. The van der Waals surface area contributed by atoms with Crippen LogP contribution in [0.1, 0.15) is 22.8 Å². The molecule has 0 unspecified atom stereocenters. The smallest absolute Gasteiger partial charge is 0.111 e. The lowest BCUT2D eigenvalue weighted by Gasteiger charge is -2.08. The average molecular weight is 445 g/mol. The number of benzene rings is 4. The van der Waals surface area contributed by atoms with Crippen molar-refractivity contribution in [2.45, 2.75) is 27.7 Å². The van der Waals surface area contributed by atoms with E-state index in [1.807, 2.05) is 26.0 Å². The van der Waals surface area contributed by atoms with Crippen LogP contribution in [0.25, 0.3) is 33.4 Å². The molecular weight excluding hydrogens is 416 g/mol. The van der Waals surface area contributed by atoms with E-state index in [-0.39, 0.29) is 0 Å². The number of hydrogen-bond acceptors (Lipinski definition) is 2. The van der Waals surface area contributed by atoms with Gasteiger partial charge in [-0.3, -0.25) is 9.13 Å². The molecule has 0 bridgehead atoms. The molecule has 0 aliphatic rings. The Morgan fingerprint density at radius 2 is 1.12 bits per heavy atom. The van der Waals surface area contributed by atoms with Gasteiger partial charge >= 0.3 is 0 Å². The zero-order valence-corrected chi connectivity index (χ0v) is 20.0. The molecular formula is C30H28N4. The topological polar surface area (TPSA) is 35.6 Å². The standard InChI is InChI=1S/2C15H14N2/c1-11-7-6-10-14-15(11)17(12(2)16-14)13-8-4-3-5-9-13;1-11-8-9-14-15(10-11)17(12(2)16-14)13-6-4-3-5-7-13/h2*3-10H,1-2H3. The van der Waals surface area contributed by atoms with E-state index in [1.54, 1.807) is 0 Å². The van der Waals surface area contributed by atoms with E-state index in [0.717, 1.165) is 28.4 Å². The highest BCUT2D eigenvalue weighted by Crippen LogP contribution is 2.24. The molecule has 0 N–H and O–H groups in total. The molecule has 2 aromatic heterocycles. The molecule has 34 heavy (non-hydrogen) atoms. The van der Waals surface area contributed by atoms with Crippen LogP contribution in [-0.4, -0.2) is 19.1 Å². The van der Waals surface area contributed by atoms with Crippen LogP contribution in [-0.2, 0) is 0 Å². The number of hydrogen-bond donors (Lipinski definition) is 0. The Kier molecular flexibility index (Phi) is 5.72. The van der Waals surface area contributed by atoms with Crippen molar-refractivity contribution in [3.8, 4) is 11.4 Å². The summed E-state index contributed by atoms with van der Waals surface area (Å²) in [7, 11) is 0. The first-order chi connectivity index (χ1) is 16.5. The van der Waals surface area contributed by atoms with Crippen LogP contribution in [0, 0.1) is 27.7 Å². The fraction of sp³-hybridized carbons (Fsp3) is 0.133. The third-order valence-corrected chi connectivity index (χ3v) is 6.05. The molecule has 4 aromatic carbocycles. The number of aryl methyl sites for hydroxylation is 4. The maximum Gasteiger partial charge on any atom is 0.111 e. The van der Waals surface area contributed by atoms with Crippen LogP contribution in [0.2, 0.25) is 0 Å². The Labute approximate surface area is 200 Å². The normalized spacial score (nSPS) is 10.9. The van der Waals surface area contributed by atoms with E-state index in [1.165, 1.54) is 27.8 Å². The van der Waals surface area contributed by atoms with Crippen LogP contribution in [0.15, 0.2) is 97.1 Å². The van der Waals surface area contributed by atoms with E-state index < -0.39 is 0 Å². The molecule has 0 fully saturated rings. The predicted molar refractivity (Wildman–Crippen MR) is 141 cm³/mol. The molecule has 6 rings (SSSR count). The monoisotopic (exact) mass is 444 g/mol.